The molecule has 212 valence electrons. The first-order valence-electron chi connectivity index (χ1n) is 11.9. The number of nitrogens with zero attached hydrogens (tertiary/aromatic N) is 7. The van der Waals surface area contributed by atoms with Crippen LogP contribution in [0.4, 0.5) is 38.0 Å². The van der Waals surface area contributed by atoms with Crippen molar-refractivity contribution >= 4 is 11.6 Å². The fourth-order valence-electron chi connectivity index (χ4n) is 4.30. The molecule has 3 aromatic heterocycles. The smallest absolute Gasteiger partial charge is 0.378 e. The fraction of sp³-hybridized carbons (Fsp3) is 0.545. The number of hydrogen-bond donors (Lipinski definition) is 2. The number of H-pyrrole nitrogens is 1. The minimum atomic E-state index is -4.85. The van der Waals surface area contributed by atoms with Gasteiger partial charge in [-0.05, 0) is 26.7 Å². The summed E-state index contributed by atoms with van der Waals surface area (Å²) >= 11 is 0. The van der Waals surface area contributed by atoms with Crippen LogP contribution in [0.25, 0.3) is 0 Å². The third-order valence-electron chi connectivity index (χ3n) is 6.16. The third kappa shape index (κ3) is 6.82. The highest BCUT2D eigenvalue weighted by Gasteiger charge is 2.37. The van der Waals surface area contributed by atoms with Crippen molar-refractivity contribution in [2.75, 3.05) is 23.4 Å². The predicted molar refractivity (Wildman–Crippen MR) is 125 cm³/mol. The Hall–Kier alpha value is -3.76. The van der Waals surface area contributed by atoms with Crippen molar-refractivity contribution in [2.45, 2.75) is 63.8 Å². The Bertz CT molecular complexity index is 1310. The molecule has 2 N–H and O–H groups in total. The molecule has 0 aliphatic carbocycles. The van der Waals surface area contributed by atoms with Crippen LogP contribution < -0.4 is 15.8 Å². The van der Waals surface area contributed by atoms with Crippen molar-refractivity contribution in [3.63, 3.8) is 0 Å². The quantitative estimate of drug-likeness (QED) is 0.398. The van der Waals surface area contributed by atoms with E-state index in [9.17, 15) is 31.1 Å². The number of aromatic amines is 1. The summed E-state index contributed by atoms with van der Waals surface area (Å²) in [5.74, 6) is 0.225. The summed E-state index contributed by atoms with van der Waals surface area (Å²) < 4.78 is 85.2. The van der Waals surface area contributed by atoms with Crippen LogP contribution in [0.5, 0.6) is 0 Å². The molecule has 1 fully saturated rings. The Balaban J connectivity index is 1.28. The molecule has 0 radical (unpaired) electrons. The van der Waals surface area contributed by atoms with Gasteiger partial charge in [0.1, 0.15) is 11.3 Å². The molecule has 11 nitrogen and oxygen atoms in total. The van der Waals surface area contributed by atoms with Gasteiger partial charge in [-0.15, -0.1) is 5.10 Å². The summed E-state index contributed by atoms with van der Waals surface area (Å²) in [5, 5.41) is 16.0. The number of anilines is 2. The fourth-order valence-corrected chi connectivity index (χ4v) is 4.30. The van der Waals surface area contributed by atoms with Crippen molar-refractivity contribution < 1.29 is 31.1 Å². The minimum absolute atomic E-state index is 0.0134. The summed E-state index contributed by atoms with van der Waals surface area (Å²) in [4.78, 5) is 21.2. The average molecular weight is 561 g/mol. The SMILES string of the molecule is CC(COCc1cn(C2CCN(c3ncc(C(F)(F)F)cn3)C(C)C2)nn1)Nc1cn[nH]c(=O)c1C(F)(F)F. The Kier molecular flexibility index (Phi) is 8.08. The zero-order valence-electron chi connectivity index (χ0n) is 20.8. The van der Waals surface area contributed by atoms with E-state index in [1.54, 1.807) is 22.9 Å². The summed E-state index contributed by atoms with van der Waals surface area (Å²) in [6.45, 7) is 4.08. The highest BCUT2D eigenvalue weighted by Crippen LogP contribution is 2.32. The number of hydrogen-bond acceptors (Lipinski definition) is 9. The van der Waals surface area contributed by atoms with Crippen LogP contribution in [-0.4, -0.2) is 60.4 Å². The van der Waals surface area contributed by atoms with Crippen LogP contribution in [0.2, 0.25) is 0 Å². The van der Waals surface area contributed by atoms with Gasteiger partial charge in [0.2, 0.25) is 5.95 Å². The topological polar surface area (TPSA) is 127 Å². The summed E-state index contributed by atoms with van der Waals surface area (Å²) in [6.07, 6.45) is -3.96. The molecule has 0 spiro atoms. The molecule has 1 aliphatic rings. The molecule has 3 unspecified atom stereocenters. The average Bonchev–Trinajstić information content (AvgIpc) is 3.32. The molecule has 1 aliphatic heterocycles. The van der Waals surface area contributed by atoms with Gasteiger partial charge in [0.25, 0.3) is 5.56 Å². The highest BCUT2D eigenvalue weighted by molar-refractivity contribution is 5.50. The molecule has 17 heteroatoms. The van der Waals surface area contributed by atoms with Gasteiger partial charge in [-0.25, -0.2) is 19.7 Å². The van der Waals surface area contributed by atoms with Crippen LogP contribution in [0.1, 0.15) is 49.6 Å². The number of aromatic nitrogens is 7. The Morgan fingerprint density at radius 3 is 2.51 bits per heavy atom. The normalized spacial score (nSPS) is 19.2. The summed E-state index contributed by atoms with van der Waals surface area (Å²) in [5.41, 5.74) is -3.55. The van der Waals surface area contributed by atoms with E-state index in [1.165, 1.54) is 0 Å². The van der Waals surface area contributed by atoms with E-state index in [4.69, 9.17) is 4.74 Å². The zero-order chi connectivity index (χ0) is 28.4. The van der Waals surface area contributed by atoms with E-state index in [-0.39, 0.29) is 31.2 Å². The van der Waals surface area contributed by atoms with Gasteiger partial charge in [-0.1, -0.05) is 5.21 Å². The van der Waals surface area contributed by atoms with Crippen molar-refractivity contribution in [3.05, 3.63) is 52.0 Å². The number of ether oxygens (including phenoxy) is 1. The first-order valence-corrected chi connectivity index (χ1v) is 11.9. The Labute approximate surface area is 217 Å². The van der Waals surface area contributed by atoms with Crippen molar-refractivity contribution in [1.29, 1.82) is 0 Å². The molecular weight excluding hydrogens is 536 g/mol. The lowest BCUT2D eigenvalue weighted by Gasteiger charge is -2.37. The lowest BCUT2D eigenvalue weighted by molar-refractivity contribution is -0.139. The highest BCUT2D eigenvalue weighted by atomic mass is 19.4. The zero-order valence-corrected chi connectivity index (χ0v) is 20.8. The molecule has 0 amide bonds. The summed E-state index contributed by atoms with van der Waals surface area (Å²) in [6, 6.07) is -0.669. The second-order valence-electron chi connectivity index (χ2n) is 9.23. The minimum Gasteiger partial charge on any atom is -0.378 e. The molecule has 39 heavy (non-hydrogen) atoms. The second-order valence-corrected chi connectivity index (χ2v) is 9.23. The lowest BCUT2D eigenvalue weighted by atomic mass is 9.99. The number of alkyl halides is 6. The largest absolute Gasteiger partial charge is 0.423 e. The third-order valence-corrected chi connectivity index (χ3v) is 6.16. The van der Waals surface area contributed by atoms with Gasteiger partial charge >= 0.3 is 12.4 Å². The maximum Gasteiger partial charge on any atom is 0.423 e. The van der Waals surface area contributed by atoms with Gasteiger partial charge in [0.05, 0.1) is 42.9 Å². The van der Waals surface area contributed by atoms with E-state index in [2.05, 4.69) is 30.7 Å². The first kappa shape index (κ1) is 28.3. The van der Waals surface area contributed by atoms with Gasteiger partial charge < -0.3 is 15.0 Å². The van der Waals surface area contributed by atoms with Crippen molar-refractivity contribution in [3.8, 4) is 0 Å². The van der Waals surface area contributed by atoms with Gasteiger partial charge in [-0.3, -0.25) is 4.79 Å². The predicted octanol–water partition coefficient (Wildman–Crippen LogP) is 3.44. The molecule has 1 saturated heterocycles. The molecule has 0 aromatic carbocycles. The van der Waals surface area contributed by atoms with E-state index in [1.807, 2.05) is 11.8 Å². The maximum atomic E-state index is 13.2. The van der Waals surface area contributed by atoms with E-state index in [0.717, 1.165) is 18.6 Å². The molecule has 4 rings (SSSR count). The maximum absolute atomic E-state index is 13.2. The first-order chi connectivity index (χ1) is 18.3. The molecular formula is C22H25F6N9O2. The van der Waals surface area contributed by atoms with Crippen LogP contribution in [0.3, 0.4) is 0 Å². The number of rotatable bonds is 8. The molecule has 4 heterocycles. The van der Waals surface area contributed by atoms with Gasteiger partial charge in [-0.2, -0.15) is 31.4 Å². The van der Waals surface area contributed by atoms with E-state index in [0.29, 0.717) is 25.1 Å². The standard InChI is InChI=1S/C22H25F6N9O2/c1-12(32-17-8-31-34-19(38)18(17)22(26,27)28)10-39-11-15-9-37(35-33-15)16-3-4-36(13(2)5-16)20-29-6-14(7-30-20)21(23,24)25/h6-9,12-13,16H,3-5,10-11H2,1-2H3,(H2,32,34,38). The van der Waals surface area contributed by atoms with Crippen LogP contribution >= 0.6 is 0 Å². The van der Waals surface area contributed by atoms with E-state index < -0.39 is 40.8 Å². The molecule has 0 bridgehead atoms. The monoisotopic (exact) mass is 561 g/mol. The Morgan fingerprint density at radius 2 is 1.87 bits per heavy atom. The number of piperidine rings is 1. The van der Waals surface area contributed by atoms with Crippen molar-refractivity contribution in [2.24, 2.45) is 0 Å². The second kappa shape index (κ2) is 11.2. The number of halogens is 6. The lowest BCUT2D eigenvalue weighted by Crippen LogP contribution is -2.42. The van der Waals surface area contributed by atoms with Crippen LogP contribution in [0, 0.1) is 0 Å². The van der Waals surface area contributed by atoms with Crippen LogP contribution in [0.15, 0.2) is 29.6 Å². The van der Waals surface area contributed by atoms with E-state index >= 15 is 0 Å². The molecule has 3 aromatic rings. The number of nitrogens with one attached hydrogen (secondary N) is 2. The van der Waals surface area contributed by atoms with Crippen LogP contribution in [-0.2, 0) is 23.7 Å². The van der Waals surface area contributed by atoms with Gasteiger partial charge in [0, 0.05) is 31.0 Å². The molecule has 0 saturated carbocycles. The molecule has 3 atom stereocenters. The van der Waals surface area contributed by atoms with Gasteiger partial charge in [0.15, 0.2) is 0 Å². The summed E-state index contributed by atoms with van der Waals surface area (Å²) in [7, 11) is 0. The Morgan fingerprint density at radius 1 is 1.15 bits per heavy atom. The van der Waals surface area contributed by atoms with Crippen molar-refractivity contribution in [1.82, 2.24) is 35.2 Å².